The Balaban J connectivity index is 1.54. The van der Waals surface area contributed by atoms with Crippen LogP contribution in [0.1, 0.15) is 27.0 Å². The largest absolute Gasteiger partial charge is 0.418 e. The molecular formula is C26H25F4N3O3S. The van der Waals surface area contributed by atoms with Crippen LogP contribution in [0.3, 0.4) is 0 Å². The fourth-order valence-corrected chi connectivity index (χ4v) is 5.71. The van der Waals surface area contributed by atoms with E-state index in [4.69, 9.17) is 0 Å². The molecule has 4 rings (SSSR count). The van der Waals surface area contributed by atoms with E-state index in [2.05, 4.69) is 10.2 Å². The summed E-state index contributed by atoms with van der Waals surface area (Å²) in [6, 6.07) is 12.9. The Morgan fingerprint density at radius 3 is 2.27 bits per heavy atom. The van der Waals surface area contributed by atoms with Crippen LogP contribution in [0.4, 0.5) is 28.9 Å². The minimum absolute atomic E-state index is 0.174. The normalized spacial score (nSPS) is 15.0. The van der Waals surface area contributed by atoms with E-state index in [1.165, 1.54) is 10.4 Å². The highest BCUT2D eigenvalue weighted by atomic mass is 32.2. The molecule has 0 saturated carbocycles. The molecule has 0 atom stereocenters. The molecule has 3 aromatic rings. The van der Waals surface area contributed by atoms with Crippen molar-refractivity contribution in [3.8, 4) is 0 Å². The first-order valence-corrected chi connectivity index (χ1v) is 12.9. The highest BCUT2D eigenvalue weighted by Gasteiger charge is 2.34. The average molecular weight is 536 g/mol. The van der Waals surface area contributed by atoms with E-state index < -0.39 is 44.7 Å². The van der Waals surface area contributed by atoms with Crippen molar-refractivity contribution >= 4 is 27.3 Å². The Labute approximate surface area is 212 Å². The number of carbonyl (C=O) groups excluding carboxylic acids is 1. The lowest BCUT2D eigenvalue weighted by Gasteiger charge is -2.36. The van der Waals surface area contributed by atoms with Crippen LogP contribution in [-0.4, -0.2) is 44.8 Å². The molecule has 11 heteroatoms. The summed E-state index contributed by atoms with van der Waals surface area (Å²) < 4.78 is 82.1. The number of sulfonamides is 1. The zero-order valence-corrected chi connectivity index (χ0v) is 21.0. The number of nitrogens with zero attached hydrogens (tertiary/aromatic N) is 2. The van der Waals surface area contributed by atoms with Gasteiger partial charge in [0.2, 0.25) is 10.0 Å². The number of halogens is 4. The number of amides is 1. The van der Waals surface area contributed by atoms with Crippen molar-refractivity contribution in [3.63, 3.8) is 0 Å². The van der Waals surface area contributed by atoms with Gasteiger partial charge in [-0.25, -0.2) is 12.8 Å². The number of hydrogen-bond donors (Lipinski definition) is 1. The van der Waals surface area contributed by atoms with E-state index in [0.29, 0.717) is 13.1 Å². The number of alkyl halides is 3. The number of hydrogen-bond acceptors (Lipinski definition) is 4. The monoisotopic (exact) mass is 535 g/mol. The Morgan fingerprint density at radius 1 is 0.919 bits per heavy atom. The predicted octanol–water partition coefficient (Wildman–Crippen LogP) is 5.22. The number of rotatable bonds is 5. The number of anilines is 2. The molecular weight excluding hydrogens is 510 g/mol. The van der Waals surface area contributed by atoms with Crippen molar-refractivity contribution in [2.24, 2.45) is 0 Å². The highest BCUT2D eigenvalue weighted by molar-refractivity contribution is 7.89. The number of nitrogens with one attached hydrogen (secondary N) is 1. The van der Waals surface area contributed by atoms with Gasteiger partial charge in [-0.2, -0.15) is 17.5 Å². The lowest BCUT2D eigenvalue weighted by Crippen LogP contribution is -2.48. The maximum Gasteiger partial charge on any atom is 0.418 e. The Hall–Kier alpha value is -3.44. The van der Waals surface area contributed by atoms with Crippen molar-refractivity contribution in [1.82, 2.24) is 4.31 Å². The van der Waals surface area contributed by atoms with Gasteiger partial charge in [0, 0.05) is 31.9 Å². The molecule has 1 amide bonds. The third-order valence-electron chi connectivity index (χ3n) is 6.46. The minimum Gasteiger partial charge on any atom is -0.369 e. The van der Waals surface area contributed by atoms with E-state index in [-0.39, 0.29) is 18.0 Å². The van der Waals surface area contributed by atoms with Crippen molar-refractivity contribution in [2.45, 2.75) is 24.9 Å². The van der Waals surface area contributed by atoms with Gasteiger partial charge in [-0.3, -0.25) is 4.79 Å². The summed E-state index contributed by atoms with van der Waals surface area (Å²) >= 11 is 0. The molecule has 1 aliphatic rings. The summed E-state index contributed by atoms with van der Waals surface area (Å²) in [7, 11) is -4.08. The first-order valence-electron chi connectivity index (χ1n) is 11.5. The first-order chi connectivity index (χ1) is 17.4. The van der Waals surface area contributed by atoms with E-state index >= 15 is 0 Å². The summed E-state index contributed by atoms with van der Waals surface area (Å²) in [4.78, 5) is 14.5. The van der Waals surface area contributed by atoms with Gasteiger partial charge in [-0.05, 0) is 61.4 Å². The second-order valence-electron chi connectivity index (χ2n) is 8.75. The van der Waals surface area contributed by atoms with E-state index in [9.17, 15) is 30.8 Å². The molecule has 0 bridgehead atoms. The molecule has 1 fully saturated rings. The Bertz CT molecular complexity index is 1430. The first kappa shape index (κ1) is 26.6. The summed E-state index contributed by atoms with van der Waals surface area (Å²) in [6.45, 7) is 5.23. The minimum atomic E-state index is -4.74. The number of piperazine rings is 1. The summed E-state index contributed by atoms with van der Waals surface area (Å²) in [5, 5.41) is 2.05. The van der Waals surface area contributed by atoms with Crippen LogP contribution in [0.2, 0.25) is 0 Å². The second kappa shape index (κ2) is 10.1. The quantitative estimate of drug-likeness (QED) is 0.455. The number of para-hydroxylation sites is 1. The molecule has 1 aliphatic heterocycles. The van der Waals surface area contributed by atoms with Gasteiger partial charge in [-0.15, -0.1) is 0 Å². The van der Waals surface area contributed by atoms with Gasteiger partial charge >= 0.3 is 6.18 Å². The van der Waals surface area contributed by atoms with Crippen molar-refractivity contribution in [1.29, 1.82) is 0 Å². The molecule has 1 saturated heterocycles. The molecule has 0 radical (unpaired) electrons. The number of aryl methyl sites for hydroxylation is 1. The Kier molecular flexibility index (Phi) is 7.29. The number of carbonyl (C=O) groups is 1. The van der Waals surface area contributed by atoms with Gasteiger partial charge in [0.15, 0.2) is 0 Å². The van der Waals surface area contributed by atoms with Crippen LogP contribution in [0, 0.1) is 19.7 Å². The van der Waals surface area contributed by atoms with Crippen molar-refractivity contribution < 1.29 is 30.8 Å². The maximum absolute atomic E-state index is 14.5. The molecule has 0 unspecified atom stereocenters. The Morgan fingerprint density at radius 2 is 1.59 bits per heavy atom. The summed E-state index contributed by atoms with van der Waals surface area (Å²) in [5.74, 6) is -2.24. The van der Waals surface area contributed by atoms with Crippen LogP contribution in [-0.2, 0) is 16.2 Å². The SMILES string of the molecule is Cc1cccc(N2CCN(S(=O)(=O)c3ccc(F)c(C(=O)Nc4ccccc4C(F)(F)F)c3)CC2)c1C. The molecule has 196 valence electrons. The van der Waals surface area contributed by atoms with Gasteiger partial charge in [0.1, 0.15) is 5.82 Å². The highest BCUT2D eigenvalue weighted by Crippen LogP contribution is 2.35. The lowest BCUT2D eigenvalue weighted by atomic mass is 10.1. The van der Waals surface area contributed by atoms with E-state index in [1.807, 2.05) is 32.0 Å². The van der Waals surface area contributed by atoms with E-state index in [1.54, 1.807) is 0 Å². The predicted molar refractivity (Wildman–Crippen MR) is 133 cm³/mol. The molecule has 6 nitrogen and oxygen atoms in total. The zero-order valence-electron chi connectivity index (χ0n) is 20.1. The van der Waals surface area contributed by atoms with Crippen molar-refractivity contribution in [3.05, 3.63) is 88.7 Å². The third-order valence-corrected chi connectivity index (χ3v) is 8.35. The molecule has 1 heterocycles. The molecule has 0 aromatic heterocycles. The van der Waals surface area contributed by atoms with Crippen LogP contribution >= 0.6 is 0 Å². The molecule has 0 spiro atoms. The smallest absolute Gasteiger partial charge is 0.369 e. The van der Waals surface area contributed by atoms with Gasteiger partial charge in [0.25, 0.3) is 5.91 Å². The summed E-state index contributed by atoms with van der Waals surface area (Å²) in [5.41, 5.74) is 0.927. The standard InChI is InChI=1S/C26H25F4N3O3S/c1-17-6-5-9-24(18(17)2)32-12-14-33(15-13-32)37(35,36)19-10-11-22(27)20(16-19)25(34)31-23-8-4-3-7-21(23)26(28,29)30/h3-11,16H,12-15H2,1-2H3,(H,31,34). The summed E-state index contributed by atoms with van der Waals surface area (Å²) in [6.07, 6.45) is -4.74. The molecule has 37 heavy (non-hydrogen) atoms. The van der Waals surface area contributed by atoms with Crippen LogP contribution in [0.25, 0.3) is 0 Å². The van der Waals surface area contributed by atoms with Crippen molar-refractivity contribution in [2.75, 3.05) is 36.4 Å². The van der Waals surface area contributed by atoms with Gasteiger partial charge in [-0.1, -0.05) is 24.3 Å². The third kappa shape index (κ3) is 5.47. The fraction of sp³-hybridized carbons (Fsp3) is 0.269. The topological polar surface area (TPSA) is 69.7 Å². The number of benzene rings is 3. The van der Waals surface area contributed by atoms with Gasteiger partial charge < -0.3 is 10.2 Å². The fourth-order valence-electron chi connectivity index (χ4n) is 4.26. The van der Waals surface area contributed by atoms with Gasteiger partial charge in [0.05, 0.1) is 21.7 Å². The molecule has 1 N–H and O–H groups in total. The average Bonchev–Trinajstić information content (AvgIpc) is 2.85. The van der Waals surface area contributed by atoms with Crippen LogP contribution in [0.15, 0.2) is 65.6 Å². The lowest BCUT2D eigenvalue weighted by molar-refractivity contribution is -0.136. The van der Waals surface area contributed by atoms with Crippen LogP contribution < -0.4 is 10.2 Å². The molecule has 0 aliphatic carbocycles. The maximum atomic E-state index is 14.5. The molecule has 3 aromatic carbocycles. The van der Waals surface area contributed by atoms with E-state index in [0.717, 1.165) is 53.2 Å². The zero-order chi connectivity index (χ0) is 27.0. The second-order valence-corrected chi connectivity index (χ2v) is 10.7. The van der Waals surface area contributed by atoms with Crippen LogP contribution in [0.5, 0.6) is 0 Å².